The summed E-state index contributed by atoms with van der Waals surface area (Å²) in [4.78, 5) is 21.3. The maximum atomic E-state index is 12.4. The Bertz CT molecular complexity index is 983. The van der Waals surface area contributed by atoms with Gasteiger partial charge in [0.15, 0.2) is 5.88 Å². The minimum atomic E-state index is -0.0765. The third-order valence-electron chi connectivity index (χ3n) is 4.37. The Hall–Kier alpha value is -3.33. The van der Waals surface area contributed by atoms with Crippen LogP contribution in [0.1, 0.15) is 35.7 Å². The number of rotatable bonds is 5. The van der Waals surface area contributed by atoms with E-state index in [1.165, 1.54) is 6.20 Å². The van der Waals surface area contributed by atoms with Gasteiger partial charge in [-0.3, -0.25) is 9.78 Å². The van der Waals surface area contributed by atoms with E-state index in [2.05, 4.69) is 23.0 Å². The van der Waals surface area contributed by atoms with E-state index in [1.54, 1.807) is 42.3 Å². The molecule has 6 nitrogen and oxygen atoms in total. The highest BCUT2D eigenvalue weighted by atomic mass is 16.3. The second-order valence-electron chi connectivity index (χ2n) is 6.23. The molecule has 2 aromatic heterocycles. The highest BCUT2D eigenvalue weighted by Gasteiger charge is 2.16. The molecule has 3 aromatic rings. The van der Waals surface area contributed by atoms with Gasteiger partial charge in [0.25, 0.3) is 5.91 Å². The van der Waals surface area contributed by atoms with Crippen LogP contribution in [0.2, 0.25) is 0 Å². The van der Waals surface area contributed by atoms with E-state index in [4.69, 9.17) is 5.26 Å². The van der Waals surface area contributed by atoms with Gasteiger partial charge in [-0.1, -0.05) is 13.3 Å². The number of nitriles is 1. The van der Waals surface area contributed by atoms with E-state index in [1.807, 2.05) is 0 Å². The molecule has 6 heteroatoms. The molecule has 0 aliphatic carbocycles. The summed E-state index contributed by atoms with van der Waals surface area (Å²) in [7, 11) is 1.78. The quantitative estimate of drug-likeness (QED) is 0.735. The number of aromatic hydroxyl groups is 1. The van der Waals surface area contributed by atoms with Gasteiger partial charge in [0.1, 0.15) is 0 Å². The second-order valence-corrected chi connectivity index (χ2v) is 6.23. The van der Waals surface area contributed by atoms with Gasteiger partial charge in [-0.2, -0.15) is 5.26 Å². The topological polar surface area (TPSA) is 93.0 Å². The van der Waals surface area contributed by atoms with E-state index in [9.17, 15) is 9.90 Å². The van der Waals surface area contributed by atoms with Crippen molar-refractivity contribution in [1.29, 1.82) is 5.26 Å². The molecule has 0 atom stereocenters. The third kappa shape index (κ3) is 3.24. The first kappa shape index (κ1) is 17.5. The van der Waals surface area contributed by atoms with E-state index >= 15 is 0 Å². The second kappa shape index (κ2) is 7.28. The molecule has 0 bridgehead atoms. The molecule has 0 spiro atoms. The molecule has 3 rings (SSSR count). The summed E-state index contributed by atoms with van der Waals surface area (Å²) in [5, 5.41) is 20.1. The van der Waals surface area contributed by atoms with Crippen LogP contribution < -0.4 is 0 Å². The molecule has 0 saturated carbocycles. The Morgan fingerprint density at radius 1 is 1.35 bits per heavy atom. The number of unbranched alkanes of at least 4 members (excludes halogenated alkanes) is 1. The number of fused-ring (bicyclic) bond motifs is 1. The summed E-state index contributed by atoms with van der Waals surface area (Å²) in [5.74, 6) is -0.0888. The average Bonchev–Trinajstić information content (AvgIpc) is 3.00. The first-order valence-corrected chi connectivity index (χ1v) is 8.51. The van der Waals surface area contributed by atoms with Crippen LogP contribution in [-0.2, 0) is 0 Å². The van der Waals surface area contributed by atoms with Crippen LogP contribution in [-0.4, -0.2) is 39.5 Å². The molecule has 26 heavy (non-hydrogen) atoms. The summed E-state index contributed by atoms with van der Waals surface area (Å²) in [5.41, 5.74) is 2.79. The van der Waals surface area contributed by atoms with E-state index in [-0.39, 0.29) is 11.8 Å². The van der Waals surface area contributed by atoms with E-state index in [0.29, 0.717) is 34.3 Å². The number of aromatic amines is 1. The van der Waals surface area contributed by atoms with Crippen molar-refractivity contribution in [1.82, 2.24) is 14.9 Å². The lowest BCUT2D eigenvalue weighted by Gasteiger charge is -2.16. The van der Waals surface area contributed by atoms with Crippen LogP contribution in [0, 0.1) is 11.3 Å². The van der Waals surface area contributed by atoms with Crippen LogP contribution >= 0.6 is 0 Å². The fourth-order valence-corrected chi connectivity index (χ4v) is 2.89. The van der Waals surface area contributed by atoms with Crippen LogP contribution in [0.15, 0.2) is 36.5 Å². The zero-order valence-corrected chi connectivity index (χ0v) is 14.8. The van der Waals surface area contributed by atoms with Gasteiger partial charge in [0.2, 0.25) is 0 Å². The zero-order chi connectivity index (χ0) is 18.7. The number of pyridine rings is 1. The van der Waals surface area contributed by atoms with Gasteiger partial charge >= 0.3 is 0 Å². The fourth-order valence-electron chi connectivity index (χ4n) is 2.89. The number of carbonyl (C=O) groups excluding carboxylic acids is 1. The molecule has 0 fully saturated rings. The molecule has 0 saturated heterocycles. The van der Waals surface area contributed by atoms with Crippen LogP contribution in [0.25, 0.3) is 22.2 Å². The van der Waals surface area contributed by atoms with Crippen molar-refractivity contribution >= 4 is 16.8 Å². The Balaban J connectivity index is 1.94. The number of H-pyrrole nitrogens is 1. The Kier molecular flexibility index (Phi) is 4.90. The number of hydrogen-bond donors (Lipinski definition) is 2. The van der Waals surface area contributed by atoms with Crippen molar-refractivity contribution in [3.8, 4) is 23.2 Å². The first-order valence-electron chi connectivity index (χ1n) is 8.51. The van der Waals surface area contributed by atoms with E-state index in [0.717, 1.165) is 18.4 Å². The smallest absolute Gasteiger partial charge is 0.255 e. The Morgan fingerprint density at radius 3 is 2.81 bits per heavy atom. The molecule has 132 valence electrons. The van der Waals surface area contributed by atoms with Crippen molar-refractivity contribution in [3.05, 3.63) is 47.7 Å². The monoisotopic (exact) mass is 348 g/mol. The molecule has 1 amide bonds. The maximum absolute atomic E-state index is 12.4. The number of hydrogen-bond acceptors (Lipinski definition) is 4. The van der Waals surface area contributed by atoms with Crippen LogP contribution in [0.4, 0.5) is 0 Å². The van der Waals surface area contributed by atoms with Crippen molar-refractivity contribution in [2.24, 2.45) is 0 Å². The Labute approximate surface area is 151 Å². The lowest BCUT2D eigenvalue weighted by Crippen LogP contribution is -2.27. The predicted molar refractivity (Wildman–Crippen MR) is 99.8 cm³/mol. The van der Waals surface area contributed by atoms with Crippen molar-refractivity contribution in [3.63, 3.8) is 0 Å². The molecule has 0 aliphatic heterocycles. The summed E-state index contributed by atoms with van der Waals surface area (Å²) in [6, 6.07) is 10.7. The molecule has 0 radical (unpaired) electrons. The number of nitrogens with one attached hydrogen (secondary N) is 1. The fraction of sp³-hybridized carbons (Fsp3) is 0.250. The van der Waals surface area contributed by atoms with Crippen molar-refractivity contribution in [2.75, 3.05) is 13.6 Å². The van der Waals surface area contributed by atoms with Gasteiger partial charge in [0.05, 0.1) is 28.5 Å². The third-order valence-corrected chi connectivity index (χ3v) is 4.37. The molecule has 2 heterocycles. The minimum absolute atomic E-state index is 0.0123. The largest absolute Gasteiger partial charge is 0.494 e. The average molecular weight is 348 g/mol. The van der Waals surface area contributed by atoms with Gasteiger partial charge in [-0.05, 0) is 36.8 Å². The molecule has 0 unspecified atom stereocenters. The Morgan fingerprint density at radius 2 is 2.15 bits per heavy atom. The molecular weight excluding hydrogens is 328 g/mol. The number of carbonyl (C=O) groups is 1. The zero-order valence-electron chi connectivity index (χ0n) is 14.8. The predicted octanol–water partition coefficient (Wildman–Crippen LogP) is 3.68. The molecular formula is C20H20N4O2. The molecule has 2 N–H and O–H groups in total. The molecule has 0 aliphatic rings. The summed E-state index contributed by atoms with van der Waals surface area (Å²) in [6.07, 6.45) is 3.50. The molecule has 1 aromatic carbocycles. The standard InChI is InChI=1S/C20H20N4O2/c1-3-4-9-24(2)20(26)14-6-8-17(22-12-14)18-15-10-13(11-21)5-7-16(15)23-19(18)25/h5-8,10,12,23,25H,3-4,9H2,1-2H3. The van der Waals surface area contributed by atoms with Crippen LogP contribution in [0.3, 0.4) is 0 Å². The van der Waals surface area contributed by atoms with Gasteiger partial charge in [-0.15, -0.1) is 0 Å². The summed E-state index contributed by atoms with van der Waals surface area (Å²) >= 11 is 0. The number of aromatic nitrogens is 2. The van der Waals surface area contributed by atoms with Gasteiger partial charge in [-0.25, -0.2) is 0 Å². The lowest BCUT2D eigenvalue weighted by atomic mass is 10.1. The van der Waals surface area contributed by atoms with Crippen molar-refractivity contribution in [2.45, 2.75) is 19.8 Å². The number of amides is 1. The van der Waals surface area contributed by atoms with E-state index < -0.39 is 0 Å². The SMILES string of the molecule is CCCCN(C)C(=O)c1ccc(-c2c(O)[nH]c3ccc(C#N)cc23)nc1. The number of benzene rings is 1. The highest BCUT2D eigenvalue weighted by molar-refractivity contribution is 5.99. The summed E-state index contributed by atoms with van der Waals surface area (Å²) in [6.45, 7) is 2.79. The van der Waals surface area contributed by atoms with Gasteiger partial charge in [0, 0.05) is 30.7 Å². The normalized spacial score (nSPS) is 10.7. The summed E-state index contributed by atoms with van der Waals surface area (Å²) < 4.78 is 0. The minimum Gasteiger partial charge on any atom is -0.494 e. The number of nitrogens with zero attached hydrogens (tertiary/aromatic N) is 3. The first-order chi connectivity index (χ1) is 12.5. The van der Waals surface area contributed by atoms with Crippen molar-refractivity contribution < 1.29 is 9.90 Å². The van der Waals surface area contributed by atoms with Gasteiger partial charge < -0.3 is 15.0 Å². The lowest BCUT2D eigenvalue weighted by molar-refractivity contribution is 0.0793. The maximum Gasteiger partial charge on any atom is 0.255 e. The highest BCUT2D eigenvalue weighted by Crippen LogP contribution is 2.35. The van der Waals surface area contributed by atoms with Crippen LogP contribution in [0.5, 0.6) is 5.88 Å².